The molecule has 0 aliphatic heterocycles. The molecule has 11 rings (SSSR count). The highest BCUT2D eigenvalue weighted by atomic mass is 15.1. The maximum Gasteiger partial charge on any atom is 0.0722 e. The van der Waals surface area contributed by atoms with Gasteiger partial charge < -0.3 is 4.90 Å². The average Bonchev–Trinajstić information content (AvgIpc) is 3.74. The Balaban J connectivity index is 1.20. The summed E-state index contributed by atoms with van der Waals surface area (Å²) in [7, 11) is 0. The molecule has 0 bridgehead atoms. The Morgan fingerprint density at radius 1 is 0.490 bits per heavy atom. The second kappa shape index (κ2) is 10.3. The first-order valence-corrected chi connectivity index (χ1v) is 18.3. The molecule has 4 aliphatic carbocycles. The summed E-state index contributed by atoms with van der Waals surface area (Å²) in [6.07, 6.45) is 7.01. The molecular weight excluding hydrogens is 615 g/mol. The molecular formula is C50H37N. The minimum Gasteiger partial charge on any atom is -0.310 e. The minimum atomic E-state index is -0.350. The zero-order valence-electron chi connectivity index (χ0n) is 28.9. The van der Waals surface area contributed by atoms with E-state index in [9.17, 15) is 0 Å². The van der Waals surface area contributed by atoms with E-state index in [-0.39, 0.29) is 10.8 Å². The molecule has 0 radical (unpaired) electrons. The Bertz CT molecular complexity index is 2680. The molecule has 0 N–H and O–H groups in total. The van der Waals surface area contributed by atoms with Crippen molar-refractivity contribution in [2.45, 2.75) is 37.5 Å². The van der Waals surface area contributed by atoms with Crippen molar-refractivity contribution in [3.8, 4) is 22.3 Å². The second-order valence-electron chi connectivity index (χ2n) is 15.1. The molecule has 0 saturated heterocycles. The number of allylic oxidation sites excluding steroid dienone is 4. The van der Waals surface area contributed by atoms with Crippen molar-refractivity contribution in [3.63, 3.8) is 0 Å². The lowest BCUT2D eigenvalue weighted by atomic mass is 9.69. The van der Waals surface area contributed by atoms with E-state index >= 15 is 0 Å². The van der Waals surface area contributed by atoms with E-state index in [2.05, 4.69) is 183 Å². The zero-order valence-corrected chi connectivity index (χ0v) is 28.9. The van der Waals surface area contributed by atoms with Crippen LogP contribution >= 0.6 is 0 Å². The highest BCUT2D eigenvalue weighted by molar-refractivity contribution is 6.01. The van der Waals surface area contributed by atoms with Gasteiger partial charge in [0.05, 0.1) is 11.1 Å². The van der Waals surface area contributed by atoms with Crippen LogP contribution in [0.2, 0.25) is 0 Å². The van der Waals surface area contributed by atoms with Gasteiger partial charge in [0.2, 0.25) is 0 Å². The fourth-order valence-electron chi connectivity index (χ4n) is 10.2. The predicted molar refractivity (Wildman–Crippen MR) is 213 cm³/mol. The van der Waals surface area contributed by atoms with Gasteiger partial charge in [0, 0.05) is 22.2 Å². The maximum atomic E-state index is 2.53. The third kappa shape index (κ3) is 3.71. The number of hydrogen-bond acceptors (Lipinski definition) is 1. The van der Waals surface area contributed by atoms with Gasteiger partial charge in [-0.2, -0.15) is 0 Å². The quantitative estimate of drug-likeness (QED) is 0.184. The minimum absolute atomic E-state index is 0.0975. The molecule has 4 aliphatic rings. The van der Waals surface area contributed by atoms with Gasteiger partial charge in [-0.15, -0.1) is 0 Å². The highest BCUT2D eigenvalue weighted by Crippen LogP contribution is 2.64. The van der Waals surface area contributed by atoms with Crippen LogP contribution in [0.4, 0.5) is 17.1 Å². The van der Waals surface area contributed by atoms with Gasteiger partial charge in [0.1, 0.15) is 0 Å². The summed E-state index contributed by atoms with van der Waals surface area (Å²) in [5.74, 6) is 0. The summed E-state index contributed by atoms with van der Waals surface area (Å²) in [6.45, 7) is 4.75. The zero-order chi connectivity index (χ0) is 33.9. The molecule has 1 heteroatoms. The monoisotopic (exact) mass is 651 g/mol. The van der Waals surface area contributed by atoms with Gasteiger partial charge in [-0.3, -0.25) is 0 Å². The summed E-state index contributed by atoms with van der Waals surface area (Å²) in [5, 5.41) is 2.48. The van der Waals surface area contributed by atoms with E-state index in [4.69, 9.17) is 0 Å². The van der Waals surface area contributed by atoms with Gasteiger partial charge in [-0.1, -0.05) is 147 Å². The highest BCUT2D eigenvalue weighted by Gasteiger charge is 2.52. The molecule has 1 nitrogen and oxygen atoms in total. The average molecular weight is 652 g/mol. The topological polar surface area (TPSA) is 3.24 Å². The van der Waals surface area contributed by atoms with Crippen molar-refractivity contribution in [3.05, 3.63) is 203 Å². The summed E-state index contributed by atoms with van der Waals surface area (Å²) < 4.78 is 0. The lowest BCUT2D eigenvalue weighted by Crippen LogP contribution is -2.27. The molecule has 0 heterocycles. The number of hydrogen-bond donors (Lipinski definition) is 0. The van der Waals surface area contributed by atoms with Crippen LogP contribution in [0.1, 0.15) is 60.1 Å². The number of nitrogens with zero attached hydrogens (tertiary/aromatic N) is 1. The summed E-state index contributed by atoms with van der Waals surface area (Å²) in [4.78, 5) is 2.52. The third-order valence-corrected chi connectivity index (χ3v) is 12.4. The van der Waals surface area contributed by atoms with E-state index < -0.39 is 0 Å². The van der Waals surface area contributed by atoms with Crippen LogP contribution in [0.25, 0.3) is 38.6 Å². The smallest absolute Gasteiger partial charge is 0.0722 e. The van der Waals surface area contributed by atoms with Crippen molar-refractivity contribution >= 4 is 33.4 Å². The van der Waals surface area contributed by atoms with Gasteiger partial charge in [-0.25, -0.2) is 0 Å². The molecule has 242 valence electrons. The Kier molecular flexibility index (Phi) is 5.84. The second-order valence-corrected chi connectivity index (χ2v) is 15.1. The van der Waals surface area contributed by atoms with Crippen LogP contribution in [0.15, 0.2) is 169 Å². The molecule has 7 aromatic rings. The van der Waals surface area contributed by atoms with Gasteiger partial charge >= 0.3 is 0 Å². The number of anilines is 3. The van der Waals surface area contributed by atoms with Crippen molar-refractivity contribution in [1.29, 1.82) is 0 Å². The van der Waals surface area contributed by atoms with Gasteiger partial charge in [-0.05, 0) is 115 Å². The molecule has 0 aromatic heterocycles. The summed E-state index contributed by atoms with van der Waals surface area (Å²) >= 11 is 0. The number of benzene rings is 7. The fourth-order valence-corrected chi connectivity index (χ4v) is 10.2. The van der Waals surface area contributed by atoms with E-state index in [1.54, 1.807) is 0 Å². The van der Waals surface area contributed by atoms with Gasteiger partial charge in [0.15, 0.2) is 0 Å². The number of rotatable bonds is 3. The third-order valence-electron chi connectivity index (χ3n) is 12.4. The molecule has 0 fully saturated rings. The van der Waals surface area contributed by atoms with Crippen molar-refractivity contribution < 1.29 is 0 Å². The van der Waals surface area contributed by atoms with E-state index in [0.717, 1.165) is 12.8 Å². The lowest BCUT2D eigenvalue weighted by molar-refractivity contribution is 0.660. The maximum absolute atomic E-state index is 2.53. The first-order chi connectivity index (χ1) is 25.1. The van der Waals surface area contributed by atoms with Crippen molar-refractivity contribution in [1.82, 2.24) is 0 Å². The first-order valence-electron chi connectivity index (χ1n) is 18.3. The predicted octanol–water partition coefficient (Wildman–Crippen LogP) is 13.0. The molecule has 1 atom stereocenters. The molecule has 51 heavy (non-hydrogen) atoms. The first kappa shape index (κ1) is 28.9. The van der Waals surface area contributed by atoms with E-state index in [1.165, 1.54) is 94.6 Å². The fraction of sp³-hybridized carbons (Fsp3) is 0.120. The Morgan fingerprint density at radius 3 is 1.84 bits per heavy atom. The standard InChI is InChI=1S/C50H37N/c1-49(2)42-21-9-5-17-36(42)40-28-26-33(30-46(40)49)51(48-25-13-15-32-14-3-4-16-35(32)48)34-27-29-41-39-20-8-12-24-45(39)50(47(41)31-34)43-22-10-6-18-37(43)38-19-7-11-23-44(38)50/h3-6,8-18,20-31H,7,19H2,1-2H3. The molecule has 7 aromatic carbocycles. The summed E-state index contributed by atoms with van der Waals surface area (Å²) in [6, 6.07) is 57.3. The van der Waals surface area contributed by atoms with Crippen molar-refractivity contribution in [2.75, 3.05) is 4.90 Å². The van der Waals surface area contributed by atoms with Crippen LogP contribution in [-0.2, 0) is 10.8 Å². The normalized spacial score (nSPS) is 18.3. The molecule has 0 saturated carbocycles. The van der Waals surface area contributed by atoms with Crippen LogP contribution in [0.5, 0.6) is 0 Å². The number of fused-ring (bicyclic) bond motifs is 13. The van der Waals surface area contributed by atoms with Crippen LogP contribution in [0, 0.1) is 0 Å². The largest absolute Gasteiger partial charge is 0.310 e. The van der Waals surface area contributed by atoms with Crippen LogP contribution < -0.4 is 4.90 Å². The Hall–Kier alpha value is -5.92. The molecule has 0 amide bonds. The van der Waals surface area contributed by atoms with Crippen LogP contribution in [-0.4, -0.2) is 0 Å². The SMILES string of the molecule is CC1(C)c2ccccc2-c2ccc(N(c3ccc4c(c3)C3(C5=C(CCC=C5)c5ccccc53)c3ccccc3-4)c3cccc4ccccc34)cc21. The Morgan fingerprint density at radius 2 is 1.06 bits per heavy atom. The molecule has 1 spiro atoms. The van der Waals surface area contributed by atoms with E-state index in [1.807, 2.05) is 0 Å². The lowest BCUT2D eigenvalue weighted by Gasteiger charge is -2.34. The van der Waals surface area contributed by atoms with Crippen LogP contribution in [0.3, 0.4) is 0 Å². The summed E-state index contributed by atoms with van der Waals surface area (Å²) in [5.41, 5.74) is 19.8. The van der Waals surface area contributed by atoms with E-state index in [0.29, 0.717) is 0 Å². The van der Waals surface area contributed by atoms with Gasteiger partial charge in [0.25, 0.3) is 0 Å². The molecule has 1 unspecified atom stereocenters. The van der Waals surface area contributed by atoms with Crippen molar-refractivity contribution in [2.24, 2.45) is 0 Å². The Labute approximate surface area is 299 Å².